The second-order valence-corrected chi connectivity index (χ2v) is 7.63. The molecule has 0 spiro atoms. The Morgan fingerprint density at radius 1 is 1.35 bits per heavy atom. The zero-order chi connectivity index (χ0) is 12.7. The molecule has 1 nitrogen and oxygen atoms in total. The van der Waals surface area contributed by atoms with Crippen LogP contribution >= 0.6 is 33.9 Å². The highest BCUT2D eigenvalue weighted by molar-refractivity contribution is 14.1. The third-order valence-electron chi connectivity index (χ3n) is 3.05. The maximum Gasteiger partial charge on any atom is 0.0656 e. The minimum absolute atomic E-state index is 0.552. The van der Waals surface area contributed by atoms with Gasteiger partial charge in [-0.3, -0.25) is 0 Å². The fraction of sp³-hybridized carbons (Fsp3) is 0.714. The van der Waals surface area contributed by atoms with E-state index in [4.69, 9.17) is 0 Å². The summed E-state index contributed by atoms with van der Waals surface area (Å²) in [4.78, 5) is 0. The lowest BCUT2D eigenvalue weighted by Gasteiger charge is -2.21. The van der Waals surface area contributed by atoms with E-state index in [9.17, 15) is 0 Å². The second kappa shape index (κ2) is 8.48. The van der Waals surface area contributed by atoms with E-state index in [-0.39, 0.29) is 0 Å². The van der Waals surface area contributed by atoms with E-state index in [2.05, 4.69) is 60.1 Å². The van der Waals surface area contributed by atoms with Crippen molar-refractivity contribution in [2.45, 2.75) is 52.5 Å². The first-order chi connectivity index (χ1) is 8.17. The summed E-state index contributed by atoms with van der Waals surface area (Å²) in [5, 5.41) is 6.00. The molecule has 1 heterocycles. The summed E-state index contributed by atoms with van der Waals surface area (Å²) in [5.41, 5.74) is 1.48. The molecule has 2 atom stereocenters. The van der Waals surface area contributed by atoms with Gasteiger partial charge in [-0.1, -0.05) is 33.6 Å². The van der Waals surface area contributed by atoms with Crippen LogP contribution < -0.4 is 5.32 Å². The van der Waals surface area contributed by atoms with Gasteiger partial charge in [0.05, 0.1) is 2.88 Å². The molecule has 98 valence electrons. The highest BCUT2D eigenvalue weighted by atomic mass is 127. The molecule has 0 saturated heterocycles. The fourth-order valence-electron chi connectivity index (χ4n) is 2.17. The molecule has 0 fully saturated rings. The maximum absolute atomic E-state index is 3.69. The Balaban J connectivity index is 2.60. The number of hydrogen-bond acceptors (Lipinski definition) is 2. The quantitative estimate of drug-likeness (QED) is 0.623. The van der Waals surface area contributed by atoms with E-state index in [1.54, 1.807) is 0 Å². The van der Waals surface area contributed by atoms with Crippen molar-refractivity contribution in [2.75, 3.05) is 6.54 Å². The lowest BCUT2D eigenvalue weighted by molar-refractivity contribution is 0.391. The van der Waals surface area contributed by atoms with E-state index in [1.165, 1.54) is 34.1 Å². The van der Waals surface area contributed by atoms with Crippen molar-refractivity contribution >= 4 is 33.9 Å². The highest BCUT2D eigenvalue weighted by Crippen LogP contribution is 2.28. The number of halogens is 1. The monoisotopic (exact) mass is 365 g/mol. The summed E-state index contributed by atoms with van der Waals surface area (Å²) in [5.74, 6) is 0.812. The van der Waals surface area contributed by atoms with Crippen molar-refractivity contribution in [1.29, 1.82) is 0 Å². The number of thiophene rings is 1. The molecular weight excluding hydrogens is 341 g/mol. The molecule has 2 unspecified atom stereocenters. The van der Waals surface area contributed by atoms with E-state index >= 15 is 0 Å². The molecule has 0 aromatic carbocycles. The molecule has 0 aliphatic heterocycles. The predicted molar refractivity (Wildman–Crippen MR) is 86.8 cm³/mol. The van der Waals surface area contributed by atoms with Crippen LogP contribution in [0.1, 0.15) is 58.1 Å². The van der Waals surface area contributed by atoms with Crippen LogP contribution in [0, 0.1) is 8.80 Å². The summed E-state index contributed by atoms with van der Waals surface area (Å²) in [6, 6.07) is 2.88. The number of rotatable bonds is 8. The fourth-order valence-corrected chi connectivity index (χ4v) is 3.60. The van der Waals surface area contributed by atoms with Crippen molar-refractivity contribution in [3.63, 3.8) is 0 Å². The van der Waals surface area contributed by atoms with Crippen LogP contribution in [-0.2, 0) is 0 Å². The molecule has 0 bridgehead atoms. The first-order valence-electron chi connectivity index (χ1n) is 6.64. The van der Waals surface area contributed by atoms with Gasteiger partial charge in [-0.05, 0) is 64.9 Å². The van der Waals surface area contributed by atoms with Gasteiger partial charge in [0.1, 0.15) is 0 Å². The molecule has 1 aromatic heterocycles. The van der Waals surface area contributed by atoms with Crippen LogP contribution in [0.2, 0.25) is 0 Å². The van der Waals surface area contributed by atoms with Crippen molar-refractivity contribution in [1.82, 2.24) is 5.32 Å². The lowest BCUT2D eigenvalue weighted by atomic mass is 9.94. The minimum Gasteiger partial charge on any atom is -0.310 e. The summed E-state index contributed by atoms with van der Waals surface area (Å²) >= 11 is 4.27. The van der Waals surface area contributed by atoms with Crippen LogP contribution in [0.3, 0.4) is 0 Å². The largest absolute Gasteiger partial charge is 0.310 e. The van der Waals surface area contributed by atoms with Gasteiger partial charge >= 0.3 is 0 Å². The molecule has 1 N–H and O–H groups in total. The molecule has 3 heteroatoms. The first kappa shape index (κ1) is 15.4. The van der Waals surface area contributed by atoms with Crippen molar-refractivity contribution in [2.24, 2.45) is 5.92 Å². The summed E-state index contributed by atoms with van der Waals surface area (Å²) in [6.07, 6.45) is 5.11. The number of hydrogen-bond donors (Lipinski definition) is 1. The Morgan fingerprint density at radius 2 is 2.12 bits per heavy atom. The van der Waals surface area contributed by atoms with E-state index in [0.717, 1.165) is 12.5 Å². The smallest absolute Gasteiger partial charge is 0.0656 e. The van der Waals surface area contributed by atoms with E-state index in [0.29, 0.717) is 6.04 Å². The summed E-state index contributed by atoms with van der Waals surface area (Å²) < 4.78 is 1.39. The van der Waals surface area contributed by atoms with Crippen LogP contribution in [0.5, 0.6) is 0 Å². The lowest BCUT2D eigenvalue weighted by Crippen LogP contribution is -2.23. The van der Waals surface area contributed by atoms with Gasteiger partial charge in [0, 0.05) is 6.04 Å². The molecule has 0 saturated carbocycles. The number of nitrogens with one attached hydrogen (secondary N) is 1. The molecule has 17 heavy (non-hydrogen) atoms. The Bertz CT molecular complexity index is 311. The second-order valence-electron chi connectivity index (χ2n) is 4.82. The third-order valence-corrected chi connectivity index (χ3v) is 4.86. The van der Waals surface area contributed by atoms with Crippen molar-refractivity contribution in [3.05, 3.63) is 19.9 Å². The predicted octanol–water partition coefficient (Wildman–Crippen LogP) is 5.22. The van der Waals surface area contributed by atoms with Crippen LogP contribution in [0.15, 0.2) is 11.4 Å². The maximum atomic E-state index is 3.69. The van der Waals surface area contributed by atoms with Gasteiger partial charge in [-0.2, -0.15) is 0 Å². The van der Waals surface area contributed by atoms with Crippen LogP contribution in [0.4, 0.5) is 0 Å². The van der Waals surface area contributed by atoms with Gasteiger partial charge in [0.25, 0.3) is 0 Å². The van der Waals surface area contributed by atoms with Gasteiger partial charge < -0.3 is 5.32 Å². The van der Waals surface area contributed by atoms with Gasteiger partial charge in [-0.25, -0.2) is 0 Å². The zero-order valence-corrected chi connectivity index (χ0v) is 14.1. The summed E-state index contributed by atoms with van der Waals surface area (Å²) in [7, 11) is 0. The van der Waals surface area contributed by atoms with E-state index in [1.807, 2.05) is 11.3 Å². The van der Waals surface area contributed by atoms with Gasteiger partial charge in [0.2, 0.25) is 0 Å². The Labute approximate surface area is 124 Å². The molecule has 0 aliphatic carbocycles. The Kier molecular flexibility index (Phi) is 7.71. The molecule has 0 amide bonds. The molecular formula is C14H24INS. The van der Waals surface area contributed by atoms with Crippen LogP contribution in [0.25, 0.3) is 0 Å². The van der Waals surface area contributed by atoms with Crippen molar-refractivity contribution in [3.8, 4) is 0 Å². The standard InChI is InChI=1S/C14H24INS/c1-4-6-11(3)8-13(16-7-5-2)12-9-14(15)17-10-12/h9-11,13,16H,4-8H2,1-3H3. The van der Waals surface area contributed by atoms with E-state index < -0.39 is 0 Å². The SMILES string of the molecule is CCCNC(CC(C)CCC)c1csc(I)c1. The molecule has 0 radical (unpaired) electrons. The Morgan fingerprint density at radius 3 is 2.65 bits per heavy atom. The zero-order valence-electron chi connectivity index (χ0n) is 11.1. The third kappa shape index (κ3) is 5.71. The Hall–Kier alpha value is 0.390. The minimum atomic E-state index is 0.552. The topological polar surface area (TPSA) is 12.0 Å². The molecule has 0 aliphatic rings. The molecule has 1 rings (SSSR count). The summed E-state index contributed by atoms with van der Waals surface area (Å²) in [6.45, 7) is 8.01. The normalized spacial score (nSPS) is 14.8. The van der Waals surface area contributed by atoms with Gasteiger partial charge in [0.15, 0.2) is 0 Å². The highest BCUT2D eigenvalue weighted by Gasteiger charge is 2.15. The average molecular weight is 365 g/mol. The molecule has 1 aromatic rings. The van der Waals surface area contributed by atoms with Gasteiger partial charge in [-0.15, -0.1) is 11.3 Å². The first-order valence-corrected chi connectivity index (χ1v) is 8.60. The average Bonchev–Trinajstić information content (AvgIpc) is 2.71. The van der Waals surface area contributed by atoms with Crippen molar-refractivity contribution < 1.29 is 0 Å². The van der Waals surface area contributed by atoms with Crippen LogP contribution in [-0.4, -0.2) is 6.54 Å².